The molecule has 1 aromatic carbocycles. The lowest BCUT2D eigenvalue weighted by Gasteiger charge is -2.23. The molecule has 34 heavy (non-hydrogen) atoms. The molecular formula is C22H35ClN3O6PS. The third kappa shape index (κ3) is 9.30. The van der Waals surface area contributed by atoms with Crippen LogP contribution < -0.4 is 25.0 Å². The number of phosphoric acid groups is 1. The Hall–Kier alpha value is -1.45. The fourth-order valence-electron chi connectivity index (χ4n) is 3.84. The number of unbranched alkanes of at least 4 members (excludes halogenated alkanes) is 1. The van der Waals surface area contributed by atoms with Crippen LogP contribution in [0.5, 0.6) is 5.75 Å². The Morgan fingerprint density at radius 3 is 2.50 bits per heavy atom. The topological polar surface area (TPSA) is 121 Å². The number of rotatable bonds is 11. The zero-order valence-corrected chi connectivity index (χ0v) is 22.3. The minimum Gasteiger partial charge on any atom is -0.736 e. The van der Waals surface area contributed by atoms with Crippen molar-refractivity contribution in [1.82, 2.24) is 10.6 Å². The van der Waals surface area contributed by atoms with E-state index >= 15 is 0 Å². The molecular weight excluding hydrogens is 501 g/mol. The predicted molar refractivity (Wildman–Crippen MR) is 132 cm³/mol. The molecule has 2 heterocycles. The first-order valence-electron chi connectivity index (χ1n) is 11.7. The molecule has 2 saturated heterocycles. The highest BCUT2D eigenvalue weighted by atomic mass is 35.5. The normalized spacial score (nSPS) is 22.6. The number of hydrogen-bond donors (Lipinski definition) is 3. The second kappa shape index (κ2) is 14.2. The molecule has 0 aliphatic carbocycles. The van der Waals surface area contributed by atoms with E-state index in [1.807, 2.05) is 0 Å². The number of carbonyl (C=O) groups excluding carboxylic acids is 2. The van der Waals surface area contributed by atoms with Crippen LogP contribution in [0, 0.1) is 0 Å². The Kier molecular flexibility index (Phi) is 12.0. The summed E-state index contributed by atoms with van der Waals surface area (Å²) in [5.41, 5.74) is 0. The van der Waals surface area contributed by atoms with Gasteiger partial charge in [-0.3, -0.25) is 4.79 Å². The van der Waals surface area contributed by atoms with Gasteiger partial charge in [0.2, 0.25) is 0 Å². The summed E-state index contributed by atoms with van der Waals surface area (Å²) in [5.74, 6) is -0.0898. The van der Waals surface area contributed by atoms with Crippen molar-refractivity contribution in [1.29, 1.82) is 0 Å². The van der Waals surface area contributed by atoms with Crippen molar-refractivity contribution in [2.24, 2.45) is 0 Å². The molecule has 2 aliphatic heterocycles. The number of carbonyl (C=O) groups is 2. The maximum absolute atomic E-state index is 11.8. The van der Waals surface area contributed by atoms with Gasteiger partial charge in [0, 0.05) is 17.4 Å². The summed E-state index contributed by atoms with van der Waals surface area (Å²) in [7, 11) is -4.83. The Morgan fingerprint density at radius 1 is 1.21 bits per heavy atom. The quantitative estimate of drug-likeness (QED) is 0.226. The molecule has 2 amide bonds. The van der Waals surface area contributed by atoms with Crippen molar-refractivity contribution in [3.05, 3.63) is 29.3 Å². The smallest absolute Gasteiger partial charge is 0.374 e. The summed E-state index contributed by atoms with van der Waals surface area (Å²) in [5, 5.41) is 6.17. The summed E-state index contributed by atoms with van der Waals surface area (Å²) in [6, 6.07) is 6.14. The molecule has 9 nitrogen and oxygen atoms in total. The maximum Gasteiger partial charge on any atom is 0.374 e. The molecule has 2 fully saturated rings. The number of urea groups is 1. The minimum atomic E-state index is -4.83. The van der Waals surface area contributed by atoms with Crippen molar-refractivity contribution in [3.63, 3.8) is 0 Å². The van der Waals surface area contributed by atoms with Gasteiger partial charge in [0.1, 0.15) is 5.75 Å². The summed E-state index contributed by atoms with van der Waals surface area (Å²) >= 11 is 7.61. The number of nitrogens with one attached hydrogen (secondary N) is 3. The Balaban J connectivity index is 0.000000509. The molecule has 0 spiro atoms. The molecule has 1 aromatic rings. The zero-order valence-electron chi connectivity index (χ0n) is 19.9. The molecule has 4 atom stereocenters. The van der Waals surface area contributed by atoms with Crippen LogP contribution in [0.1, 0.15) is 46.5 Å². The number of halogens is 1. The summed E-state index contributed by atoms with van der Waals surface area (Å²) < 4.78 is 21.0. The van der Waals surface area contributed by atoms with Gasteiger partial charge < -0.3 is 29.5 Å². The Labute approximate surface area is 210 Å². The van der Waals surface area contributed by atoms with Crippen molar-refractivity contribution in [2.45, 2.75) is 63.8 Å². The Bertz CT molecular complexity index is 854. The maximum atomic E-state index is 11.8. The van der Waals surface area contributed by atoms with Crippen LogP contribution >= 0.6 is 31.2 Å². The number of phosphoric ester groups is 1. The zero-order chi connectivity index (χ0) is 25.1. The molecule has 3 N–H and O–H groups in total. The highest BCUT2D eigenvalue weighted by Gasteiger charge is 2.42. The molecule has 3 rings (SSSR count). The molecule has 0 saturated carbocycles. The lowest BCUT2D eigenvalue weighted by atomic mass is 10.0. The van der Waals surface area contributed by atoms with Crippen LogP contribution in [0.25, 0.3) is 0 Å². The number of thioether (sulfide) groups is 1. The van der Waals surface area contributed by atoms with E-state index in [1.54, 1.807) is 28.8 Å². The van der Waals surface area contributed by atoms with E-state index in [0.29, 0.717) is 11.7 Å². The van der Waals surface area contributed by atoms with Gasteiger partial charge in [-0.05, 0) is 45.7 Å². The van der Waals surface area contributed by atoms with Crippen LogP contribution in [0.15, 0.2) is 24.3 Å². The van der Waals surface area contributed by atoms with E-state index in [0.717, 1.165) is 18.6 Å². The molecule has 0 aromatic heterocycles. The number of fused-ring (bicyclic) bond motifs is 1. The predicted octanol–water partition coefficient (Wildman–Crippen LogP) is 2.39. The fraction of sp³-hybridized carbons (Fsp3) is 0.636. The van der Waals surface area contributed by atoms with Gasteiger partial charge in [-0.1, -0.05) is 30.2 Å². The number of benzene rings is 1. The van der Waals surface area contributed by atoms with Gasteiger partial charge in [0.25, 0.3) is 0 Å². The third-order valence-corrected chi connectivity index (χ3v) is 8.49. The van der Waals surface area contributed by atoms with E-state index in [-0.39, 0.29) is 35.3 Å². The second-order valence-corrected chi connectivity index (χ2v) is 11.0. The van der Waals surface area contributed by atoms with Crippen LogP contribution in [0.4, 0.5) is 4.79 Å². The number of para-hydroxylation sites is 1. The summed E-state index contributed by atoms with van der Waals surface area (Å²) in [4.78, 5) is 36.6. The second-order valence-electron chi connectivity index (χ2n) is 8.11. The van der Waals surface area contributed by atoms with Gasteiger partial charge in [-0.25, -0.2) is 9.36 Å². The SMILES string of the molecule is CC[NH+](CC)CC.O=C1N[C@H]2[C@H](CS[C@H]2CCCCC(=O)OP(=O)([O-])Oc2ccccc2Cl)N1. The van der Waals surface area contributed by atoms with E-state index in [9.17, 15) is 19.0 Å². The molecule has 0 bridgehead atoms. The highest BCUT2D eigenvalue weighted by Crippen LogP contribution is 2.42. The number of amides is 2. The highest BCUT2D eigenvalue weighted by molar-refractivity contribution is 8.00. The average Bonchev–Trinajstić information content (AvgIpc) is 3.33. The first-order valence-corrected chi connectivity index (χ1v) is 14.6. The summed E-state index contributed by atoms with van der Waals surface area (Å²) in [6.07, 6.45) is 2.00. The van der Waals surface area contributed by atoms with Gasteiger partial charge in [-0.2, -0.15) is 11.8 Å². The van der Waals surface area contributed by atoms with E-state index < -0.39 is 13.8 Å². The number of quaternary nitrogens is 1. The van der Waals surface area contributed by atoms with Gasteiger partial charge >= 0.3 is 19.8 Å². The average molecular weight is 536 g/mol. The lowest BCUT2D eigenvalue weighted by molar-refractivity contribution is -0.894. The van der Waals surface area contributed by atoms with Crippen molar-refractivity contribution < 1.29 is 33.0 Å². The molecule has 0 radical (unpaired) electrons. The van der Waals surface area contributed by atoms with E-state index in [2.05, 4.69) is 35.9 Å². The van der Waals surface area contributed by atoms with Gasteiger partial charge in [-0.15, -0.1) is 0 Å². The number of hydrogen-bond acceptors (Lipinski definition) is 7. The van der Waals surface area contributed by atoms with Crippen molar-refractivity contribution in [2.75, 3.05) is 25.4 Å². The van der Waals surface area contributed by atoms with E-state index in [1.165, 1.54) is 31.8 Å². The fourth-order valence-corrected chi connectivity index (χ4v) is 6.39. The van der Waals surface area contributed by atoms with Gasteiger partial charge in [0.15, 0.2) is 0 Å². The van der Waals surface area contributed by atoms with Gasteiger partial charge in [0.05, 0.1) is 36.7 Å². The first-order chi connectivity index (χ1) is 16.2. The molecule has 1 unspecified atom stereocenters. The standard InChI is InChI=1S/C16H20ClN2O6PS.C6H15N/c17-10-5-1-2-6-12(10)24-26(22,23)25-14(20)8-4-3-7-13-15-11(9-27-13)18-16(21)19-15;1-4-7(5-2)6-3/h1-2,5-6,11,13,15H,3-4,7-9H2,(H,22,23)(H2,18,19,21);4-6H2,1-3H3/t11-,13-,15-;/m0./s1. The third-order valence-electron chi connectivity index (χ3n) is 5.82. The molecule has 192 valence electrons. The van der Waals surface area contributed by atoms with Crippen LogP contribution in [-0.2, 0) is 13.9 Å². The minimum absolute atomic E-state index is 0.0335. The first kappa shape index (κ1) is 28.8. The monoisotopic (exact) mass is 535 g/mol. The Morgan fingerprint density at radius 2 is 1.88 bits per heavy atom. The lowest BCUT2D eigenvalue weighted by Crippen LogP contribution is -3.11. The van der Waals surface area contributed by atoms with E-state index in [4.69, 9.17) is 16.1 Å². The van der Waals surface area contributed by atoms with Crippen molar-refractivity contribution >= 4 is 43.2 Å². The van der Waals surface area contributed by atoms with Crippen LogP contribution in [-0.4, -0.2) is 54.7 Å². The molecule has 2 aliphatic rings. The largest absolute Gasteiger partial charge is 0.736 e. The van der Waals surface area contributed by atoms with Crippen molar-refractivity contribution in [3.8, 4) is 5.75 Å². The molecule has 12 heteroatoms. The van der Waals surface area contributed by atoms with Crippen LogP contribution in [0.3, 0.4) is 0 Å². The summed E-state index contributed by atoms with van der Waals surface area (Å²) in [6.45, 7) is 10.5. The van der Waals surface area contributed by atoms with Crippen LogP contribution in [0.2, 0.25) is 5.02 Å².